The minimum atomic E-state index is -0.143. The lowest BCUT2D eigenvalue weighted by Crippen LogP contribution is -2.07. The van der Waals surface area contributed by atoms with Crippen molar-refractivity contribution in [2.45, 2.75) is 20.4 Å². The van der Waals surface area contributed by atoms with E-state index < -0.39 is 0 Å². The summed E-state index contributed by atoms with van der Waals surface area (Å²) in [6.45, 7) is 4.61. The molecule has 2 aromatic rings. The van der Waals surface area contributed by atoms with E-state index >= 15 is 0 Å². The lowest BCUT2D eigenvalue weighted by atomic mass is 9.94. The molecule has 0 spiro atoms. The van der Waals surface area contributed by atoms with Crippen LogP contribution >= 0.6 is 0 Å². The predicted molar refractivity (Wildman–Crippen MR) is 74.1 cm³/mol. The number of rotatable bonds is 3. The highest BCUT2D eigenvalue weighted by Gasteiger charge is 2.12. The van der Waals surface area contributed by atoms with Crippen LogP contribution in [0.4, 0.5) is 4.39 Å². The number of aryl methyl sites for hydroxylation is 2. The average molecular weight is 243 g/mol. The minimum absolute atomic E-state index is 0.143. The third-order valence-corrected chi connectivity index (χ3v) is 3.09. The third-order valence-electron chi connectivity index (χ3n) is 3.09. The van der Waals surface area contributed by atoms with E-state index in [1.54, 1.807) is 6.07 Å². The molecule has 1 N–H and O–H groups in total. The Morgan fingerprint density at radius 1 is 1.11 bits per heavy atom. The van der Waals surface area contributed by atoms with Crippen molar-refractivity contribution in [2.24, 2.45) is 0 Å². The quantitative estimate of drug-likeness (QED) is 0.864. The number of hydrogen-bond donors (Lipinski definition) is 1. The molecule has 1 nitrogen and oxygen atoms in total. The van der Waals surface area contributed by atoms with Crippen LogP contribution in [-0.4, -0.2) is 7.05 Å². The highest BCUT2D eigenvalue weighted by Crippen LogP contribution is 2.30. The second-order valence-electron chi connectivity index (χ2n) is 4.63. The van der Waals surface area contributed by atoms with Gasteiger partial charge in [0.15, 0.2) is 0 Å². The second-order valence-corrected chi connectivity index (χ2v) is 4.63. The lowest BCUT2D eigenvalue weighted by molar-refractivity contribution is 0.628. The Balaban J connectivity index is 2.62. The van der Waals surface area contributed by atoms with E-state index in [-0.39, 0.29) is 5.82 Å². The fraction of sp³-hybridized carbons (Fsp3) is 0.250. The van der Waals surface area contributed by atoms with Gasteiger partial charge in [0.05, 0.1) is 0 Å². The van der Waals surface area contributed by atoms with Crippen LogP contribution in [0.25, 0.3) is 11.1 Å². The van der Waals surface area contributed by atoms with E-state index in [1.807, 2.05) is 51.2 Å². The molecule has 0 saturated heterocycles. The van der Waals surface area contributed by atoms with Crippen LogP contribution < -0.4 is 5.32 Å². The Hall–Kier alpha value is -1.67. The molecule has 18 heavy (non-hydrogen) atoms. The van der Waals surface area contributed by atoms with E-state index in [1.165, 1.54) is 0 Å². The summed E-state index contributed by atoms with van der Waals surface area (Å²) in [5.41, 5.74) is 4.75. The first kappa shape index (κ1) is 12.8. The van der Waals surface area contributed by atoms with Gasteiger partial charge in [-0.3, -0.25) is 0 Å². The van der Waals surface area contributed by atoms with Gasteiger partial charge in [0.25, 0.3) is 0 Å². The fourth-order valence-corrected chi connectivity index (χ4v) is 2.37. The molecule has 0 saturated carbocycles. The molecule has 0 heterocycles. The molecule has 0 fully saturated rings. The van der Waals surface area contributed by atoms with Crippen molar-refractivity contribution in [3.05, 3.63) is 58.9 Å². The van der Waals surface area contributed by atoms with E-state index in [4.69, 9.17) is 0 Å². The molecule has 94 valence electrons. The van der Waals surface area contributed by atoms with Crippen LogP contribution in [-0.2, 0) is 6.54 Å². The zero-order valence-electron chi connectivity index (χ0n) is 11.0. The van der Waals surface area contributed by atoms with Crippen molar-refractivity contribution in [1.29, 1.82) is 0 Å². The van der Waals surface area contributed by atoms with Gasteiger partial charge in [0.2, 0.25) is 0 Å². The van der Waals surface area contributed by atoms with Crippen molar-refractivity contribution >= 4 is 0 Å². The first-order valence-electron chi connectivity index (χ1n) is 6.13. The number of halogens is 1. The molecular formula is C16H18FN. The smallest absolute Gasteiger partial charge is 0.131 e. The van der Waals surface area contributed by atoms with Gasteiger partial charge in [-0.05, 0) is 49.2 Å². The van der Waals surface area contributed by atoms with Crippen molar-refractivity contribution in [2.75, 3.05) is 7.05 Å². The van der Waals surface area contributed by atoms with E-state index in [9.17, 15) is 4.39 Å². The Morgan fingerprint density at radius 2 is 1.83 bits per heavy atom. The molecule has 0 aliphatic rings. The highest BCUT2D eigenvalue weighted by atomic mass is 19.1. The van der Waals surface area contributed by atoms with Crippen molar-refractivity contribution in [3.8, 4) is 11.1 Å². The Morgan fingerprint density at radius 3 is 2.50 bits per heavy atom. The topological polar surface area (TPSA) is 12.0 Å². The van der Waals surface area contributed by atoms with E-state index in [0.717, 1.165) is 28.8 Å². The second kappa shape index (κ2) is 5.32. The van der Waals surface area contributed by atoms with Gasteiger partial charge in [-0.1, -0.05) is 30.3 Å². The average Bonchev–Trinajstić information content (AvgIpc) is 2.30. The molecule has 0 aliphatic heterocycles. The van der Waals surface area contributed by atoms with Gasteiger partial charge in [-0.25, -0.2) is 4.39 Å². The van der Waals surface area contributed by atoms with Gasteiger partial charge in [-0.15, -0.1) is 0 Å². The van der Waals surface area contributed by atoms with Crippen molar-refractivity contribution < 1.29 is 4.39 Å². The minimum Gasteiger partial charge on any atom is -0.316 e. The Labute approximate surface area is 108 Å². The molecule has 2 aromatic carbocycles. The Bertz CT molecular complexity index is 538. The first-order valence-corrected chi connectivity index (χ1v) is 6.13. The summed E-state index contributed by atoms with van der Waals surface area (Å²) in [5.74, 6) is -0.143. The molecular weight excluding hydrogens is 225 g/mol. The number of nitrogens with one attached hydrogen (secondary N) is 1. The van der Waals surface area contributed by atoms with Gasteiger partial charge < -0.3 is 5.32 Å². The summed E-state index contributed by atoms with van der Waals surface area (Å²) in [4.78, 5) is 0. The first-order chi connectivity index (χ1) is 8.63. The maximum atomic E-state index is 14.2. The summed E-state index contributed by atoms with van der Waals surface area (Å²) in [7, 11) is 1.90. The molecule has 0 aliphatic carbocycles. The van der Waals surface area contributed by atoms with Crippen LogP contribution in [0.1, 0.15) is 16.7 Å². The molecule has 2 rings (SSSR count). The summed E-state index contributed by atoms with van der Waals surface area (Å²) in [6, 6.07) is 11.6. The molecule has 0 radical (unpaired) electrons. The summed E-state index contributed by atoms with van der Waals surface area (Å²) in [6.07, 6.45) is 0. The molecule has 0 amide bonds. The van der Waals surface area contributed by atoms with Crippen LogP contribution in [0.3, 0.4) is 0 Å². The summed E-state index contributed by atoms with van der Waals surface area (Å²) in [5, 5.41) is 3.12. The standard InChI is InChI=1S/C16H18FN/c1-11-8-12(2)16(15(17)9-11)14-7-5-4-6-13(14)10-18-3/h4-9,18H,10H2,1-3H3. The Kier molecular flexibility index (Phi) is 3.78. The van der Waals surface area contributed by atoms with Crippen molar-refractivity contribution in [1.82, 2.24) is 5.32 Å². The SMILES string of the molecule is CNCc1ccccc1-c1c(C)cc(C)cc1F. The van der Waals surface area contributed by atoms with Gasteiger partial charge in [0.1, 0.15) is 5.82 Å². The van der Waals surface area contributed by atoms with Gasteiger partial charge >= 0.3 is 0 Å². The molecule has 0 unspecified atom stereocenters. The van der Waals surface area contributed by atoms with Gasteiger partial charge in [-0.2, -0.15) is 0 Å². The lowest BCUT2D eigenvalue weighted by Gasteiger charge is -2.13. The van der Waals surface area contributed by atoms with Crippen LogP contribution in [0.5, 0.6) is 0 Å². The summed E-state index contributed by atoms with van der Waals surface area (Å²) < 4.78 is 14.2. The maximum Gasteiger partial charge on any atom is 0.131 e. The van der Waals surface area contributed by atoms with E-state index in [0.29, 0.717) is 5.56 Å². The van der Waals surface area contributed by atoms with Gasteiger partial charge in [0, 0.05) is 12.1 Å². The normalized spacial score (nSPS) is 10.7. The number of benzene rings is 2. The highest BCUT2D eigenvalue weighted by molar-refractivity contribution is 5.71. The van der Waals surface area contributed by atoms with Crippen molar-refractivity contribution in [3.63, 3.8) is 0 Å². The largest absolute Gasteiger partial charge is 0.316 e. The molecule has 0 atom stereocenters. The molecule has 0 bridgehead atoms. The van der Waals surface area contributed by atoms with Crippen LogP contribution in [0, 0.1) is 19.7 Å². The monoisotopic (exact) mass is 243 g/mol. The number of hydrogen-bond acceptors (Lipinski definition) is 1. The zero-order chi connectivity index (χ0) is 13.1. The maximum absolute atomic E-state index is 14.2. The zero-order valence-corrected chi connectivity index (χ0v) is 11.0. The fourth-order valence-electron chi connectivity index (χ4n) is 2.37. The summed E-state index contributed by atoms with van der Waals surface area (Å²) >= 11 is 0. The molecule has 2 heteroatoms. The van der Waals surface area contributed by atoms with E-state index in [2.05, 4.69) is 5.32 Å². The predicted octanol–water partition coefficient (Wildman–Crippen LogP) is 3.83. The van der Waals surface area contributed by atoms with Crippen LogP contribution in [0.15, 0.2) is 36.4 Å². The van der Waals surface area contributed by atoms with Crippen LogP contribution in [0.2, 0.25) is 0 Å². The molecule has 0 aromatic heterocycles. The third kappa shape index (κ3) is 2.44.